The predicted octanol–water partition coefficient (Wildman–Crippen LogP) is 2.76. The van der Waals surface area contributed by atoms with E-state index in [1.54, 1.807) is 0 Å². The summed E-state index contributed by atoms with van der Waals surface area (Å²) in [4.78, 5) is 2.46. The minimum absolute atomic E-state index is 0.313. The van der Waals surface area contributed by atoms with Crippen LogP contribution in [0.1, 0.15) is 37.0 Å². The maximum atomic E-state index is 10.2. The Hall–Kier alpha value is -0.860. The van der Waals surface area contributed by atoms with Crippen LogP contribution < -0.4 is 0 Å². The van der Waals surface area contributed by atoms with Crippen LogP contribution in [0.2, 0.25) is 0 Å². The highest BCUT2D eigenvalue weighted by Crippen LogP contribution is 2.22. The van der Waals surface area contributed by atoms with E-state index < -0.39 is 0 Å². The number of nitrogens with zero attached hydrogens (tertiary/aromatic N) is 1. The van der Waals surface area contributed by atoms with Gasteiger partial charge < -0.3 is 10.0 Å². The quantitative estimate of drug-likeness (QED) is 0.864. The van der Waals surface area contributed by atoms with E-state index in [0.29, 0.717) is 0 Å². The van der Waals surface area contributed by atoms with Gasteiger partial charge >= 0.3 is 0 Å². The molecule has 2 rings (SSSR count). The van der Waals surface area contributed by atoms with Crippen molar-refractivity contribution in [3.05, 3.63) is 35.4 Å². The molecule has 2 nitrogen and oxygen atoms in total. The number of aryl methyl sites for hydroxylation is 1. The van der Waals surface area contributed by atoms with Crippen molar-refractivity contribution in [1.29, 1.82) is 0 Å². The first-order valence-electron chi connectivity index (χ1n) is 6.63. The summed E-state index contributed by atoms with van der Waals surface area (Å²) in [6.07, 6.45) is 1.84. The number of aliphatic hydroxyl groups is 1. The number of likely N-dealkylation sites (tertiary alicyclic amines) is 1. The van der Waals surface area contributed by atoms with Crippen molar-refractivity contribution in [2.75, 3.05) is 19.6 Å². The summed E-state index contributed by atoms with van der Waals surface area (Å²) in [7, 11) is 0. The lowest BCUT2D eigenvalue weighted by molar-refractivity contribution is 0.147. The molecule has 0 amide bonds. The third kappa shape index (κ3) is 3.30. The lowest BCUT2D eigenvalue weighted by atomic mass is 10.0. The van der Waals surface area contributed by atoms with E-state index in [1.807, 2.05) is 18.2 Å². The fourth-order valence-corrected chi connectivity index (χ4v) is 2.65. The van der Waals surface area contributed by atoms with Gasteiger partial charge in [0.2, 0.25) is 0 Å². The third-order valence-electron chi connectivity index (χ3n) is 3.77. The SMILES string of the molecule is Cc1ccccc1C(O)CCN1CCC(C)C1. The van der Waals surface area contributed by atoms with Crippen LogP contribution in [-0.4, -0.2) is 29.6 Å². The summed E-state index contributed by atoms with van der Waals surface area (Å²) in [5, 5.41) is 10.2. The van der Waals surface area contributed by atoms with E-state index in [4.69, 9.17) is 0 Å². The Morgan fingerprint density at radius 3 is 2.82 bits per heavy atom. The molecule has 0 radical (unpaired) electrons. The molecular formula is C15H23NO. The monoisotopic (exact) mass is 233 g/mol. The molecule has 0 saturated carbocycles. The minimum atomic E-state index is -0.313. The predicted molar refractivity (Wildman–Crippen MR) is 71.0 cm³/mol. The molecule has 2 atom stereocenters. The maximum absolute atomic E-state index is 10.2. The Bertz CT molecular complexity index is 364. The molecule has 1 fully saturated rings. The first kappa shape index (κ1) is 12.6. The van der Waals surface area contributed by atoms with Gasteiger partial charge in [0, 0.05) is 13.1 Å². The largest absolute Gasteiger partial charge is 0.388 e. The van der Waals surface area contributed by atoms with Crippen molar-refractivity contribution in [2.45, 2.75) is 32.8 Å². The van der Waals surface area contributed by atoms with E-state index in [-0.39, 0.29) is 6.10 Å². The van der Waals surface area contributed by atoms with E-state index >= 15 is 0 Å². The van der Waals surface area contributed by atoms with Gasteiger partial charge in [-0.1, -0.05) is 31.2 Å². The summed E-state index contributed by atoms with van der Waals surface area (Å²) >= 11 is 0. The molecule has 1 N–H and O–H groups in total. The maximum Gasteiger partial charge on any atom is 0.0804 e. The van der Waals surface area contributed by atoms with Crippen LogP contribution in [0, 0.1) is 12.8 Å². The molecule has 17 heavy (non-hydrogen) atoms. The number of hydrogen-bond donors (Lipinski definition) is 1. The Balaban J connectivity index is 1.85. The highest BCUT2D eigenvalue weighted by atomic mass is 16.3. The summed E-state index contributed by atoms with van der Waals surface area (Å²) in [6, 6.07) is 8.13. The normalized spacial score (nSPS) is 22.9. The second-order valence-electron chi connectivity index (χ2n) is 5.36. The van der Waals surface area contributed by atoms with Gasteiger partial charge in [0.05, 0.1) is 6.10 Å². The minimum Gasteiger partial charge on any atom is -0.388 e. The highest BCUT2D eigenvalue weighted by Gasteiger charge is 2.19. The van der Waals surface area contributed by atoms with Gasteiger partial charge in [-0.05, 0) is 43.4 Å². The van der Waals surface area contributed by atoms with Crippen molar-refractivity contribution >= 4 is 0 Å². The van der Waals surface area contributed by atoms with E-state index in [9.17, 15) is 5.11 Å². The fraction of sp³-hybridized carbons (Fsp3) is 0.600. The van der Waals surface area contributed by atoms with Gasteiger partial charge in [-0.2, -0.15) is 0 Å². The lowest BCUT2D eigenvalue weighted by Gasteiger charge is -2.19. The molecule has 1 aromatic carbocycles. The van der Waals surface area contributed by atoms with Gasteiger partial charge in [0.25, 0.3) is 0 Å². The van der Waals surface area contributed by atoms with E-state index in [2.05, 4.69) is 24.8 Å². The third-order valence-corrected chi connectivity index (χ3v) is 3.77. The first-order chi connectivity index (χ1) is 8.16. The van der Waals surface area contributed by atoms with Crippen molar-refractivity contribution in [2.24, 2.45) is 5.92 Å². The Labute approximate surface area is 104 Å². The van der Waals surface area contributed by atoms with Crippen LogP contribution in [0.25, 0.3) is 0 Å². The van der Waals surface area contributed by atoms with Crippen LogP contribution in [0.15, 0.2) is 24.3 Å². The zero-order chi connectivity index (χ0) is 12.3. The molecule has 0 bridgehead atoms. The van der Waals surface area contributed by atoms with Crippen molar-refractivity contribution in [1.82, 2.24) is 4.90 Å². The standard InChI is InChI=1S/C15H23NO/c1-12-7-9-16(11-12)10-8-15(17)14-6-4-3-5-13(14)2/h3-6,12,15,17H,7-11H2,1-2H3. The van der Waals surface area contributed by atoms with E-state index in [1.165, 1.54) is 25.1 Å². The average Bonchev–Trinajstić information content (AvgIpc) is 2.73. The zero-order valence-corrected chi connectivity index (χ0v) is 10.9. The summed E-state index contributed by atoms with van der Waals surface area (Å²) < 4.78 is 0. The van der Waals surface area contributed by atoms with Gasteiger partial charge in [-0.15, -0.1) is 0 Å². The molecule has 0 aromatic heterocycles. The number of hydrogen-bond acceptors (Lipinski definition) is 2. The average molecular weight is 233 g/mol. The highest BCUT2D eigenvalue weighted by molar-refractivity contribution is 5.27. The number of aliphatic hydroxyl groups excluding tert-OH is 1. The Morgan fingerprint density at radius 2 is 2.18 bits per heavy atom. The number of benzene rings is 1. The lowest BCUT2D eigenvalue weighted by Crippen LogP contribution is -2.23. The van der Waals surface area contributed by atoms with Gasteiger partial charge in [-0.25, -0.2) is 0 Å². The molecule has 1 heterocycles. The van der Waals surface area contributed by atoms with Crippen LogP contribution in [0.5, 0.6) is 0 Å². The summed E-state index contributed by atoms with van der Waals surface area (Å²) in [5.41, 5.74) is 2.27. The van der Waals surface area contributed by atoms with E-state index in [0.717, 1.165) is 24.4 Å². The smallest absolute Gasteiger partial charge is 0.0804 e. The molecule has 0 spiro atoms. The van der Waals surface area contributed by atoms with Crippen LogP contribution in [-0.2, 0) is 0 Å². The van der Waals surface area contributed by atoms with Gasteiger partial charge in [-0.3, -0.25) is 0 Å². The zero-order valence-electron chi connectivity index (χ0n) is 10.9. The fourth-order valence-electron chi connectivity index (χ4n) is 2.65. The second kappa shape index (κ2) is 5.65. The van der Waals surface area contributed by atoms with Gasteiger partial charge in [0.1, 0.15) is 0 Å². The molecule has 1 saturated heterocycles. The van der Waals surface area contributed by atoms with Crippen LogP contribution in [0.4, 0.5) is 0 Å². The Morgan fingerprint density at radius 1 is 1.41 bits per heavy atom. The Kier molecular flexibility index (Phi) is 4.19. The van der Waals surface area contributed by atoms with Crippen LogP contribution >= 0.6 is 0 Å². The molecule has 94 valence electrons. The molecule has 0 aliphatic carbocycles. The molecule has 1 aromatic rings. The van der Waals surface area contributed by atoms with Gasteiger partial charge in [0.15, 0.2) is 0 Å². The summed E-state index contributed by atoms with van der Waals surface area (Å²) in [6.45, 7) is 7.77. The molecule has 1 aliphatic heterocycles. The molecule has 2 unspecified atom stereocenters. The van der Waals surface area contributed by atoms with Crippen molar-refractivity contribution < 1.29 is 5.11 Å². The topological polar surface area (TPSA) is 23.5 Å². The number of rotatable bonds is 4. The second-order valence-corrected chi connectivity index (χ2v) is 5.36. The van der Waals surface area contributed by atoms with Crippen molar-refractivity contribution in [3.8, 4) is 0 Å². The van der Waals surface area contributed by atoms with Crippen molar-refractivity contribution in [3.63, 3.8) is 0 Å². The first-order valence-corrected chi connectivity index (χ1v) is 6.63. The molecule has 1 aliphatic rings. The molecular weight excluding hydrogens is 210 g/mol. The summed E-state index contributed by atoms with van der Waals surface area (Å²) in [5.74, 6) is 0.825. The molecule has 2 heteroatoms. The van der Waals surface area contributed by atoms with Crippen LogP contribution in [0.3, 0.4) is 0 Å².